The molecule has 0 aliphatic carbocycles. The number of carbonyl (C=O) groups excluding carboxylic acids is 3. The Morgan fingerprint density at radius 1 is 0.816 bits per heavy atom. The topological polar surface area (TPSA) is 90.9 Å². The fourth-order valence-electron chi connectivity index (χ4n) is 3.38. The SMILES string of the molecule is CCCOc1ccc(/C=C/C(=O)CC(=O)/C=C/c2ccc(OCCNC(=O)OC(C)(C)C)c(C)c2)cc1C. The molecule has 0 bridgehead atoms. The van der Waals surface area contributed by atoms with Crippen LogP contribution in [0.1, 0.15) is 62.8 Å². The smallest absolute Gasteiger partial charge is 0.407 e. The minimum Gasteiger partial charge on any atom is -0.493 e. The second kappa shape index (κ2) is 14.8. The summed E-state index contributed by atoms with van der Waals surface area (Å²) in [4.78, 5) is 36.2. The highest BCUT2D eigenvalue weighted by Crippen LogP contribution is 2.21. The van der Waals surface area contributed by atoms with Crippen molar-refractivity contribution in [2.75, 3.05) is 19.8 Å². The van der Waals surface area contributed by atoms with Crippen LogP contribution in [0.25, 0.3) is 12.2 Å². The summed E-state index contributed by atoms with van der Waals surface area (Å²) in [5.74, 6) is 0.981. The summed E-state index contributed by atoms with van der Waals surface area (Å²) in [7, 11) is 0. The van der Waals surface area contributed by atoms with E-state index < -0.39 is 11.7 Å². The molecule has 0 radical (unpaired) electrons. The van der Waals surface area contributed by atoms with Gasteiger partial charge in [-0.3, -0.25) is 9.59 Å². The lowest BCUT2D eigenvalue weighted by atomic mass is 10.1. The number of allylic oxidation sites excluding steroid dienone is 2. The number of benzene rings is 2. The van der Waals surface area contributed by atoms with Crippen molar-refractivity contribution in [1.82, 2.24) is 5.32 Å². The lowest BCUT2D eigenvalue weighted by Crippen LogP contribution is -2.34. The molecule has 0 saturated heterocycles. The van der Waals surface area contributed by atoms with Crippen molar-refractivity contribution in [3.8, 4) is 11.5 Å². The van der Waals surface area contributed by atoms with Crippen LogP contribution in [-0.4, -0.2) is 43.0 Å². The van der Waals surface area contributed by atoms with E-state index in [4.69, 9.17) is 14.2 Å². The minimum atomic E-state index is -0.550. The van der Waals surface area contributed by atoms with E-state index in [0.29, 0.717) is 25.5 Å². The average Bonchev–Trinajstić information content (AvgIpc) is 2.83. The van der Waals surface area contributed by atoms with E-state index in [-0.39, 0.29) is 18.0 Å². The molecule has 0 spiro atoms. The maximum atomic E-state index is 12.3. The van der Waals surface area contributed by atoms with Crippen LogP contribution in [0.15, 0.2) is 48.6 Å². The number of rotatable bonds is 13. The number of ketones is 2. The van der Waals surface area contributed by atoms with E-state index in [0.717, 1.165) is 34.4 Å². The van der Waals surface area contributed by atoms with Gasteiger partial charge in [-0.05, 0) is 99.7 Å². The zero-order valence-electron chi connectivity index (χ0n) is 23.3. The third-order valence-corrected chi connectivity index (χ3v) is 5.16. The monoisotopic (exact) mass is 521 g/mol. The van der Waals surface area contributed by atoms with Crippen molar-refractivity contribution in [2.24, 2.45) is 0 Å². The molecule has 38 heavy (non-hydrogen) atoms. The van der Waals surface area contributed by atoms with E-state index in [9.17, 15) is 14.4 Å². The molecule has 0 fully saturated rings. The quantitative estimate of drug-likeness (QED) is 0.190. The Hall–Kier alpha value is -3.87. The first-order valence-corrected chi connectivity index (χ1v) is 12.8. The molecule has 0 unspecified atom stereocenters. The van der Waals surface area contributed by atoms with Crippen molar-refractivity contribution in [3.63, 3.8) is 0 Å². The maximum absolute atomic E-state index is 12.3. The first-order valence-electron chi connectivity index (χ1n) is 12.8. The molecule has 2 aromatic carbocycles. The fraction of sp³-hybridized carbons (Fsp3) is 0.387. The van der Waals surface area contributed by atoms with Gasteiger partial charge in [-0.15, -0.1) is 0 Å². The molecule has 7 heteroatoms. The molecule has 0 aromatic heterocycles. The van der Waals surface area contributed by atoms with Crippen LogP contribution in [0.5, 0.6) is 11.5 Å². The summed E-state index contributed by atoms with van der Waals surface area (Å²) in [5, 5.41) is 2.65. The molecule has 2 rings (SSSR count). The van der Waals surface area contributed by atoms with Gasteiger partial charge in [-0.2, -0.15) is 0 Å². The molecule has 0 heterocycles. The number of nitrogens with one attached hydrogen (secondary N) is 1. The van der Waals surface area contributed by atoms with Gasteiger partial charge in [0.05, 0.1) is 19.6 Å². The number of ether oxygens (including phenoxy) is 3. The highest BCUT2D eigenvalue weighted by molar-refractivity contribution is 6.10. The molecule has 204 valence electrons. The molecular formula is C31H39NO6. The second-order valence-electron chi connectivity index (χ2n) is 9.95. The highest BCUT2D eigenvalue weighted by Gasteiger charge is 2.15. The van der Waals surface area contributed by atoms with Gasteiger partial charge >= 0.3 is 6.09 Å². The van der Waals surface area contributed by atoms with Gasteiger partial charge in [0, 0.05) is 0 Å². The van der Waals surface area contributed by atoms with E-state index >= 15 is 0 Å². The van der Waals surface area contributed by atoms with Crippen LogP contribution in [0.2, 0.25) is 0 Å². The van der Waals surface area contributed by atoms with Gasteiger partial charge in [0.25, 0.3) is 0 Å². The summed E-state index contributed by atoms with van der Waals surface area (Å²) in [6, 6.07) is 11.2. The molecule has 1 amide bonds. The molecule has 1 N–H and O–H groups in total. The van der Waals surface area contributed by atoms with Gasteiger partial charge in [0.2, 0.25) is 0 Å². The first kappa shape index (κ1) is 30.4. The third-order valence-electron chi connectivity index (χ3n) is 5.16. The average molecular weight is 522 g/mol. The fourth-order valence-corrected chi connectivity index (χ4v) is 3.38. The molecule has 0 atom stereocenters. The molecular weight excluding hydrogens is 482 g/mol. The van der Waals surface area contributed by atoms with Crippen molar-refractivity contribution in [3.05, 3.63) is 70.8 Å². The van der Waals surface area contributed by atoms with Crippen LogP contribution in [0, 0.1) is 13.8 Å². The summed E-state index contributed by atoms with van der Waals surface area (Å²) in [6.45, 7) is 12.6. The van der Waals surface area contributed by atoms with Crippen LogP contribution in [-0.2, 0) is 14.3 Å². The first-order chi connectivity index (χ1) is 18.0. The van der Waals surface area contributed by atoms with Crippen molar-refractivity contribution in [1.29, 1.82) is 0 Å². The largest absolute Gasteiger partial charge is 0.493 e. The van der Waals surface area contributed by atoms with Gasteiger partial charge in [-0.25, -0.2) is 4.79 Å². The number of alkyl carbamates (subject to hydrolysis) is 1. The van der Waals surface area contributed by atoms with Crippen LogP contribution in [0.4, 0.5) is 4.79 Å². The van der Waals surface area contributed by atoms with Gasteiger partial charge < -0.3 is 19.5 Å². The number of hydrogen-bond acceptors (Lipinski definition) is 6. The Morgan fingerprint density at radius 3 is 1.76 bits per heavy atom. The zero-order chi connectivity index (χ0) is 28.1. The Labute approximate surface area is 225 Å². The Kier molecular flexibility index (Phi) is 11.8. The van der Waals surface area contributed by atoms with E-state index in [2.05, 4.69) is 12.2 Å². The molecule has 0 aliphatic heterocycles. The van der Waals surface area contributed by atoms with Crippen LogP contribution < -0.4 is 14.8 Å². The standard InChI is InChI=1S/C31H39NO6/c1-7-17-36-28-14-10-24(19-22(28)2)8-12-26(33)21-27(34)13-9-25-11-15-29(23(3)20-25)37-18-16-32-30(35)38-31(4,5)6/h8-15,19-20H,7,16-18,21H2,1-6H3,(H,32,35)/b12-8+,13-9+. The highest BCUT2D eigenvalue weighted by atomic mass is 16.6. The maximum Gasteiger partial charge on any atom is 0.407 e. The zero-order valence-corrected chi connectivity index (χ0v) is 23.3. The Bertz CT molecular complexity index is 1170. The van der Waals surface area contributed by atoms with E-state index in [1.54, 1.807) is 39.0 Å². The lowest BCUT2D eigenvalue weighted by Gasteiger charge is -2.19. The van der Waals surface area contributed by atoms with Gasteiger partial charge in [0.15, 0.2) is 11.6 Å². The van der Waals surface area contributed by atoms with E-state index in [1.165, 1.54) is 12.2 Å². The summed E-state index contributed by atoms with van der Waals surface area (Å²) >= 11 is 0. The molecule has 0 aliphatic rings. The Balaban J connectivity index is 1.81. The van der Waals surface area contributed by atoms with Gasteiger partial charge in [0.1, 0.15) is 23.7 Å². The number of carbonyl (C=O) groups is 3. The van der Waals surface area contributed by atoms with Gasteiger partial charge in [-0.1, -0.05) is 31.2 Å². The predicted octanol–water partition coefficient (Wildman–Crippen LogP) is 6.25. The second-order valence-corrected chi connectivity index (χ2v) is 9.95. The summed E-state index contributed by atoms with van der Waals surface area (Å²) in [5.41, 5.74) is 3.03. The normalized spacial score (nSPS) is 11.5. The summed E-state index contributed by atoms with van der Waals surface area (Å²) in [6.07, 6.45) is 6.48. The van der Waals surface area contributed by atoms with E-state index in [1.807, 2.05) is 44.2 Å². The van der Waals surface area contributed by atoms with Crippen molar-refractivity contribution in [2.45, 2.75) is 60.0 Å². The van der Waals surface area contributed by atoms with Crippen molar-refractivity contribution < 1.29 is 28.6 Å². The van der Waals surface area contributed by atoms with Crippen LogP contribution in [0.3, 0.4) is 0 Å². The predicted molar refractivity (Wildman–Crippen MR) is 151 cm³/mol. The number of hydrogen-bond donors (Lipinski definition) is 1. The lowest BCUT2D eigenvalue weighted by molar-refractivity contribution is -0.121. The number of amides is 1. The number of aryl methyl sites for hydroxylation is 2. The molecule has 2 aromatic rings. The molecule has 7 nitrogen and oxygen atoms in total. The minimum absolute atomic E-state index is 0.200. The van der Waals surface area contributed by atoms with Crippen LogP contribution >= 0.6 is 0 Å². The third kappa shape index (κ3) is 11.5. The summed E-state index contributed by atoms with van der Waals surface area (Å²) < 4.78 is 16.6. The van der Waals surface area contributed by atoms with Crippen molar-refractivity contribution >= 4 is 29.8 Å². The Morgan fingerprint density at radius 2 is 1.32 bits per heavy atom. The molecule has 0 saturated carbocycles.